The number of carbonyl (C=O) groups is 2. The lowest BCUT2D eigenvalue weighted by Gasteiger charge is -2.07. The fourth-order valence-corrected chi connectivity index (χ4v) is 1.72. The van der Waals surface area contributed by atoms with Crippen LogP contribution in [0.15, 0.2) is 42.5 Å². The van der Waals surface area contributed by atoms with Crippen molar-refractivity contribution in [2.24, 2.45) is 0 Å². The molecule has 0 unspecified atom stereocenters. The fourth-order valence-electron chi connectivity index (χ4n) is 1.72. The molecule has 2 rings (SSSR count). The molecule has 3 N–H and O–H groups in total. The molecule has 0 radical (unpaired) electrons. The summed E-state index contributed by atoms with van der Waals surface area (Å²) >= 11 is 0. The highest BCUT2D eigenvalue weighted by Crippen LogP contribution is 2.22. The summed E-state index contributed by atoms with van der Waals surface area (Å²) in [6, 6.07) is 11.8. The molecule has 0 aromatic heterocycles. The normalized spacial score (nSPS) is 9.67. The Kier molecular flexibility index (Phi) is 3.86. The van der Waals surface area contributed by atoms with E-state index >= 15 is 0 Å². The van der Waals surface area contributed by atoms with Gasteiger partial charge in [0.05, 0.1) is 11.6 Å². The first-order chi connectivity index (χ1) is 10.0. The van der Waals surface area contributed by atoms with Gasteiger partial charge in [0.1, 0.15) is 11.3 Å². The van der Waals surface area contributed by atoms with E-state index in [1.165, 1.54) is 18.2 Å². The highest BCUT2D eigenvalue weighted by Gasteiger charge is 2.12. The third-order valence-electron chi connectivity index (χ3n) is 2.74. The van der Waals surface area contributed by atoms with Gasteiger partial charge in [0, 0.05) is 17.3 Å². The molecule has 0 heterocycles. The molecule has 0 saturated carbocycles. The van der Waals surface area contributed by atoms with Crippen LogP contribution in [-0.2, 0) is 0 Å². The van der Waals surface area contributed by atoms with Gasteiger partial charge >= 0.3 is 5.97 Å². The summed E-state index contributed by atoms with van der Waals surface area (Å²) in [7, 11) is 0. The van der Waals surface area contributed by atoms with Gasteiger partial charge in [0.15, 0.2) is 0 Å². The number of amides is 1. The predicted molar refractivity (Wildman–Crippen MR) is 74.2 cm³/mol. The minimum atomic E-state index is -1.26. The summed E-state index contributed by atoms with van der Waals surface area (Å²) in [4.78, 5) is 22.8. The number of rotatable bonds is 3. The summed E-state index contributed by atoms with van der Waals surface area (Å²) in [5.41, 5.74) is 0.645. The third kappa shape index (κ3) is 3.16. The van der Waals surface area contributed by atoms with E-state index in [4.69, 9.17) is 10.4 Å². The lowest BCUT2D eigenvalue weighted by Crippen LogP contribution is -2.12. The number of nitrogens with zero attached hydrogens (tertiary/aromatic N) is 1. The quantitative estimate of drug-likeness (QED) is 0.799. The second kappa shape index (κ2) is 5.75. The second-order valence-corrected chi connectivity index (χ2v) is 4.18. The van der Waals surface area contributed by atoms with Gasteiger partial charge in [-0.3, -0.25) is 4.79 Å². The fraction of sp³-hybridized carbons (Fsp3) is 0. The van der Waals surface area contributed by atoms with Crippen molar-refractivity contribution in [3.8, 4) is 11.8 Å². The number of aromatic carboxylic acids is 1. The van der Waals surface area contributed by atoms with E-state index in [1.807, 2.05) is 6.07 Å². The van der Waals surface area contributed by atoms with Crippen molar-refractivity contribution < 1.29 is 19.8 Å². The Labute approximate surface area is 119 Å². The third-order valence-corrected chi connectivity index (χ3v) is 2.74. The van der Waals surface area contributed by atoms with Crippen molar-refractivity contribution in [1.82, 2.24) is 0 Å². The van der Waals surface area contributed by atoms with Gasteiger partial charge in [-0.15, -0.1) is 0 Å². The highest BCUT2D eigenvalue weighted by molar-refractivity contribution is 6.05. The van der Waals surface area contributed by atoms with Gasteiger partial charge in [-0.05, 0) is 30.3 Å². The number of phenols is 1. The molecular weight excluding hydrogens is 272 g/mol. The zero-order valence-electron chi connectivity index (χ0n) is 10.7. The maximum atomic E-state index is 12.0. The molecule has 0 aliphatic rings. The molecule has 0 aliphatic heterocycles. The van der Waals surface area contributed by atoms with Crippen molar-refractivity contribution >= 4 is 17.6 Å². The first kappa shape index (κ1) is 14.1. The number of carboxylic acid groups (broad SMARTS) is 1. The smallest absolute Gasteiger partial charge is 0.339 e. The Balaban J connectivity index is 2.22. The Morgan fingerprint density at radius 1 is 1.14 bits per heavy atom. The van der Waals surface area contributed by atoms with Crippen molar-refractivity contribution in [3.63, 3.8) is 0 Å². The number of benzene rings is 2. The summed E-state index contributed by atoms with van der Waals surface area (Å²) in [5.74, 6) is -2.16. The molecule has 104 valence electrons. The first-order valence-corrected chi connectivity index (χ1v) is 5.89. The van der Waals surface area contributed by atoms with Crippen molar-refractivity contribution in [2.45, 2.75) is 0 Å². The SMILES string of the molecule is N#Cc1cccc(C(=O)Nc2ccc(C(=O)O)c(O)c2)c1. The number of carboxylic acids is 1. The van der Waals surface area contributed by atoms with Gasteiger partial charge < -0.3 is 15.5 Å². The maximum absolute atomic E-state index is 12.0. The van der Waals surface area contributed by atoms with E-state index in [1.54, 1.807) is 18.2 Å². The summed E-state index contributed by atoms with van der Waals surface area (Å²) in [6.07, 6.45) is 0. The monoisotopic (exact) mass is 282 g/mol. The number of hydrogen-bond acceptors (Lipinski definition) is 4. The standard InChI is InChI=1S/C15H10N2O4/c16-8-9-2-1-3-10(6-9)14(19)17-11-4-5-12(15(20)21)13(18)7-11/h1-7,18H,(H,17,19)(H,20,21). The zero-order chi connectivity index (χ0) is 15.4. The molecule has 1 amide bonds. The number of nitrogens with one attached hydrogen (secondary N) is 1. The Bertz CT molecular complexity index is 763. The second-order valence-electron chi connectivity index (χ2n) is 4.18. The van der Waals surface area contributed by atoms with E-state index in [0.29, 0.717) is 5.56 Å². The molecule has 2 aromatic rings. The summed E-state index contributed by atoms with van der Waals surface area (Å²) in [5, 5.41) is 29.6. The van der Waals surface area contributed by atoms with Crippen LogP contribution in [0.25, 0.3) is 0 Å². The Morgan fingerprint density at radius 3 is 2.52 bits per heavy atom. The van der Waals surface area contributed by atoms with Crippen LogP contribution in [0.5, 0.6) is 5.75 Å². The largest absolute Gasteiger partial charge is 0.507 e. The number of nitriles is 1. The van der Waals surface area contributed by atoms with Gasteiger partial charge in [-0.2, -0.15) is 5.26 Å². The molecule has 21 heavy (non-hydrogen) atoms. The van der Waals surface area contributed by atoms with E-state index in [9.17, 15) is 14.7 Å². The lowest BCUT2D eigenvalue weighted by molar-refractivity contribution is 0.0693. The van der Waals surface area contributed by atoms with Gasteiger partial charge in [0.2, 0.25) is 0 Å². The van der Waals surface area contributed by atoms with E-state index in [2.05, 4.69) is 5.32 Å². The molecule has 6 heteroatoms. The molecule has 0 atom stereocenters. The molecular formula is C15H10N2O4. The molecule has 0 fully saturated rings. The van der Waals surface area contributed by atoms with Crippen molar-refractivity contribution in [1.29, 1.82) is 5.26 Å². The Morgan fingerprint density at radius 2 is 1.90 bits per heavy atom. The van der Waals surface area contributed by atoms with Crippen LogP contribution in [0.2, 0.25) is 0 Å². The number of aromatic hydroxyl groups is 1. The average Bonchev–Trinajstić information content (AvgIpc) is 2.47. The minimum Gasteiger partial charge on any atom is -0.507 e. The molecule has 6 nitrogen and oxygen atoms in total. The topological polar surface area (TPSA) is 110 Å². The lowest BCUT2D eigenvalue weighted by atomic mass is 10.1. The van der Waals surface area contributed by atoms with Crippen LogP contribution in [-0.4, -0.2) is 22.1 Å². The maximum Gasteiger partial charge on any atom is 0.339 e. The number of anilines is 1. The average molecular weight is 282 g/mol. The highest BCUT2D eigenvalue weighted by atomic mass is 16.4. The van der Waals surface area contributed by atoms with Crippen LogP contribution < -0.4 is 5.32 Å². The van der Waals surface area contributed by atoms with Crippen LogP contribution in [0.1, 0.15) is 26.3 Å². The summed E-state index contributed by atoms with van der Waals surface area (Å²) in [6.45, 7) is 0. The van der Waals surface area contributed by atoms with Gasteiger partial charge in [-0.25, -0.2) is 4.79 Å². The van der Waals surface area contributed by atoms with Crippen LogP contribution >= 0.6 is 0 Å². The van der Waals surface area contributed by atoms with Gasteiger partial charge in [0.25, 0.3) is 5.91 Å². The van der Waals surface area contributed by atoms with E-state index in [0.717, 1.165) is 6.07 Å². The van der Waals surface area contributed by atoms with Crippen LogP contribution in [0.4, 0.5) is 5.69 Å². The molecule has 2 aromatic carbocycles. The van der Waals surface area contributed by atoms with E-state index in [-0.39, 0.29) is 16.8 Å². The number of carbonyl (C=O) groups excluding carboxylic acids is 1. The molecule has 0 spiro atoms. The van der Waals surface area contributed by atoms with Gasteiger partial charge in [-0.1, -0.05) is 6.07 Å². The number of hydrogen-bond donors (Lipinski definition) is 3. The summed E-state index contributed by atoms with van der Waals surface area (Å²) < 4.78 is 0. The molecule has 0 saturated heterocycles. The van der Waals surface area contributed by atoms with Crippen molar-refractivity contribution in [2.75, 3.05) is 5.32 Å². The van der Waals surface area contributed by atoms with E-state index < -0.39 is 17.6 Å². The minimum absolute atomic E-state index is 0.250. The first-order valence-electron chi connectivity index (χ1n) is 5.89. The zero-order valence-corrected chi connectivity index (χ0v) is 10.7. The predicted octanol–water partition coefficient (Wildman–Crippen LogP) is 2.21. The van der Waals surface area contributed by atoms with Crippen LogP contribution in [0.3, 0.4) is 0 Å². The Hall–Kier alpha value is -3.33. The van der Waals surface area contributed by atoms with Crippen molar-refractivity contribution in [3.05, 3.63) is 59.2 Å². The molecule has 0 bridgehead atoms. The van der Waals surface area contributed by atoms with Crippen LogP contribution in [0, 0.1) is 11.3 Å². The molecule has 0 aliphatic carbocycles.